The molecular formula is C28H29NO3. The molecule has 4 heteroatoms. The zero-order valence-electron chi connectivity index (χ0n) is 18.4. The van der Waals surface area contributed by atoms with Crippen LogP contribution in [0.15, 0.2) is 78.0 Å². The highest BCUT2D eigenvalue weighted by Crippen LogP contribution is 2.36. The van der Waals surface area contributed by atoms with E-state index in [1.54, 1.807) is 0 Å². The predicted molar refractivity (Wildman–Crippen MR) is 128 cm³/mol. The number of carboxylic acid groups (broad SMARTS) is 1. The number of allylic oxidation sites excluding steroid dienone is 1. The molecular weight excluding hydrogens is 398 g/mol. The number of nitrogens with one attached hydrogen (secondary N) is 1. The molecule has 1 aliphatic carbocycles. The summed E-state index contributed by atoms with van der Waals surface area (Å²) in [4.78, 5) is 24.4. The maximum Gasteiger partial charge on any atom is 0.333 e. The van der Waals surface area contributed by atoms with Crippen LogP contribution in [0.2, 0.25) is 0 Å². The number of fused-ring (bicyclic) bond motifs is 1. The van der Waals surface area contributed by atoms with Gasteiger partial charge in [0.2, 0.25) is 0 Å². The average molecular weight is 428 g/mol. The number of aliphatic carboxylic acids is 1. The van der Waals surface area contributed by atoms with E-state index in [9.17, 15) is 14.7 Å². The highest BCUT2D eigenvalue weighted by Gasteiger charge is 2.27. The van der Waals surface area contributed by atoms with Gasteiger partial charge >= 0.3 is 5.97 Å². The van der Waals surface area contributed by atoms with Gasteiger partial charge in [-0.1, -0.05) is 66.7 Å². The van der Waals surface area contributed by atoms with Gasteiger partial charge in [-0.25, -0.2) is 4.79 Å². The molecule has 3 aromatic carbocycles. The SMILES string of the molecule is Cc1ccccc1C1CCC(NCC(=O)CCc2ccc3ccccc3c2)=C(C(=O)O)C1. The van der Waals surface area contributed by atoms with Crippen LogP contribution in [0.1, 0.15) is 48.3 Å². The average Bonchev–Trinajstić information content (AvgIpc) is 2.81. The van der Waals surface area contributed by atoms with E-state index in [-0.39, 0.29) is 18.2 Å². The second kappa shape index (κ2) is 9.82. The van der Waals surface area contributed by atoms with E-state index in [1.165, 1.54) is 21.9 Å². The van der Waals surface area contributed by atoms with Crippen molar-refractivity contribution in [3.05, 3.63) is 94.7 Å². The van der Waals surface area contributed by atoms with Crippen molar-refractivity contribution < 1.29 is 14.7 Å². The quantitative estimate of drug-likeness (QED) is 0.495. The summed E-state index contributed by atoms with van der Waals surface area (Å²) >= 11 is 0. The lowest BCUT2D eigenvalue weighted by molar-refractivity contribution is -0.133. The number of benzene rings is 3. The first kappa shape index (κ1) is 21.8. The van der Waals surface area contributed by atoms with Crippen LogP contribution in [-0.4, -0.2) is 23.4 Å². The van der Waals surface area contributed by atoms with Gasteiger partial charge < -0.3 is 10.4 Å². The van der Waals surface area contributed by atoms with Crippen LogP contribution in [0.4, 0.5) is 0 Å². The summed E-state index contributed by atoms with van der Waals surface area (Å²) in [5, 5.41) is 15.3. The van der Waals surface area contributed by atoms with E-state index in [2.05, 4.69) is 54.7 Å². The van der Waals surface area contributed by atoms with Crippen molar-refractivity contribution in [2.75, 3.05) is 6.54 Å². The predicted octanol–water partition coefficient (Wildman–Crippen LogP) is 5.55. The fourth-order valence-electron chi connectivity index (χ4n) is 4.63. The van der Waals surface area contributed by atoms with Crippen molar-refractivity contribution in [2.45, 2.75) is 44.9 Å². The number of hydrogen-bond acceptors (Lipinski definition) is 3. The van der Waals surface area contributed by atoms with Gasteiger partial charge in [0.25, 0.3) is 0 Å². The van der Waals surface area contributed by atoms with E-state index >= 15 is 0 Å². The van der Waals surface area contributed by atoms with Crippen LogP contribution in [-0.2, 0) is 16.0 Å². The van der Waals surface area contributed by atoms with Gasteiger partial charge in [0.05, 0.1) is 12.1 Å². The standard InChI is InChI=1S/C28H29NO3/c1-19-6-2-5-9-25(19)23-13-15-27(26(17-23)28(31)32)29-18-24(30)14-11-20-10-12-21-7-3-4-8-22(21)16-20/h2-10,12,16,23,29H,11,13-15,17-18H2,1H3,(H,31,32). The van der Waals surface area contributed by atoms with Crippen LogP contribution in [0, 0.1) is 6.92 Å². The molecule has 1 unspecified atom stereocenters. The number of Topliss-reactive ketones (excluding diaryl/α,β-unsaturated/α-hetero) is 1. The van der Waals surface area contributed by atoms with Gasteiger partial charge in [0.15, 0.2) is 5.78 Å². The van der Waals surface area contributed by atoms with E-state index in [1.807, 2.05) is 24.3 Å². The third kappa shape index (κ3) is 5.08. The number of carbonyl (C=O) groups excluding carboxylic acids is 1. The molecule has 164 valence electrons. The Labute approximate surface area is 189 Å². The Morgan fingerprint density at radius 2 is 1.75 bits per heavy atom. The van der Waals surface area contributed by atoms with Crippen molar-refractivity contribution in [3.8, 4) is 0 Å². The molecule has 0 fully saturated rings. The lowest BCUT2D eigenvalue weighted by atomic mass is 9.80. The van der Waals surface area contributed by atoms with Crippen molar-refractivity contribution >= 4 is 22.5 Å². The molecule has 0 heterocycles. The minimum absolute atomic E-state index is 0.0939. The maximum atomic E-state index is 12.5. The molecule has 3 aromatic rings. The lowest BCUT2D eigenvalue weighted by Crippen LogP contribution is -2.28. The summed E-state index contributed by atoms with van der Waals surface area (Å²) in [6.07, 6.45) is 3.15. The van der Waals surface area contributed by atoms with Gasteiger partial charge in [-0.15, -0.1) is 0 Å². The first-order chi connectivity index (χ1) is 15.5. The number of aryl methyl sites for hydroxylation is 2. The number of carboxylic acids is 1. The van der Waals surface area contributed by atoms with Crippen LogP contribution in [0.3, 0.4) is 0 Å². The van der Waals surface area contributed by atoms with Gasteiger partial charge in [-0.2, -0.15) is 0 Å². The fourth-order valence-corrected chi connectivity index (χ4v) is 4.63. The lowest BCUT2D eigenvalue weighted by Gasteiger charge is -2.27. The molecule has 1 atom stereocenters. The molecule has 0 saturated heterocycles. The number of hydrogen-bond donors (Lipinski definition) is 2. The van der Waals surface area contributed by atoms with E-state index < -0.39 is 5.97 Å². The van der Waals surface area contributed by atoms with Crippen LogP contribution < -0.4 is 5.32 Å². The van der Waals surface area contributed by atoms with Crippen molar-refractivity contribution in [1.29, 1.82) is 0 Å². The fraction of sp³-hybridized carbons (Fsp3) is 0.286. The first-order valence-electron chi connectivity index (χ1n) is 11.3. The Morgan fingerprint density at radius 1 is 1.00 bits per heavy atom. The van der Waals surface area contributed by atoms with Gasteiger partial charge in [0.1, 0.15) is 0 Å². The summed E-state index contributed by atoms with van der Waals surface area (Å²) in [6, 6.07) is 22.7. The molecule has 4 nitrogen and oxygen atoms in total. The molecule has 0 spiro atoms. The zero-order valence-corrected chi connectivity index (χ0v) is 18.4. The molecule has 0 aromatic heterocycles. The van der Waals surface area contributed by atoms with Crippen molar-refractivity contribution in [3.63, 3.8) is 0 Å². The topological polar surface area (TPSA) is 66.4 Å². The Bertz CT molecular complexity index is 1180. The van der Waals surface area contributed by atoms with Gasteiger partial charge in [-0.3, -0.25) is 4.79 Å². The summed E-state index contributed by atoms with van der Waals surface area (Å²) in [6.45, 7) is 2.25. The minimum atomic E-state index is -0.894. The van der Waals surface area contributed by atoms with E-state index in [0.29, 0.717) is 37.0 Å². The molecule has 0 saturated carbocycles. The van der Waals surface area contributed by atoms with Gasteiger partial charge in [0, 0.05) is 12.1 Å². The van der Waals surface area contributed by atoms with E-state index in [4.69, 9.17) is 0 Å². The Hall–Kier alpha value is -3.40. The second-order valence-corrected chi connectivity index (χ2v) is 8.63. The summed E-state index contributed by atoms with van der Waals surface area (Å²) in [5.74, 6) is -0.595. The number of ketones is 1. The highest BCUT2D eigenvalue weighted by atomic mass is 16.4. The Balaban J connectivity index is 1.36. The van der Waals surface area contributed by atoms with Crippen LogP contribution in [0.25, 0.3) is 10.8 Å². The Kier molecular flexibility index (Phi) is 6.69. The molecule has 0 amide bonds. The minimum Gasteiger partial charge on any atom is -0.478 e. The molecule has 0 radical (unpaired) electrons. The van der Waals surface area contributed by atoms with Crippen molar-refractivity contribution in [1.82, 2.24) is 5.32 Å². The zero-order chi connectivity index (χ0) is 22.5. The summed E-state index contributed by atoms with van der Waals surface area (Å²) < 4.78 is 0. The molecule has 4 rings (SSSR count). The summed E-state index contributed by atoms with van der Waals surface area (Å²) in [7, 11) is 0. The summed E-state index contributed by atoms with van der Waals surface area (Å²) in [5.41, 5.74) is 4.67. The number of carbonyl (C=O) groups is 2. The maximum absolute atomic E-state index is 12.5. The first-order valence-corrected chi connectivity index (χ1v) is 11.3. The van der Waals surface area contributed by atoms with Crippen molar-refractivity contribution in [2.24, 2.45) is 0 Å². The van der Waals surface area contributed by atoms with E-state index in [0.717, 1.165) is 12.0 Å². The third-order valence-electron chi connectivity index (χ3n) is 6.45. The third-order valence-corrected chi connectivity index (χ3v) is 6.45. The highest BCUT2D eigenvalue weighted by molar-refractivity contribution is 5.88. The van der Waals surface area contributed by atoms with Crippen LogP contribution in [0.5, 0.6) is 0 Å². The second-order valence-electron chi connectivity index (χ2n) is 8.63. The molecule has 32 heavy (non-hydrogen) atoms. The molecule has 0 bridgehead atoms. The molecule has 2 N–H and O–H groups in total. The monoisotopic (exact) mass is 427 g/mol. The molecule has 1 aliphatic rings. The van der Waals surface area contributed by atoms with Crippen LogP contribution >= 0.6 is 0 Å². The molecule has 0 aliphatic heterocycles. The largest absolute Gasteiger partial charge is 0.478 e. The number of rotatable bonds is 8. The smallest absolute Gasteiger partial charge is 0.333 e. The Morgan fingerprint density at radius 3 is 2.53 bits per heavy atom. The van der Waals surface area contributed by atoms with Gasteiger partial charge in [-0.05, 0) is 66.0 Å². The normalized spacial score (nSPS) is 16.2.